The number of nitrogens with two attached hydrogens (primary N) is 1. The fourth-order valence-corrected chi connectivity index (χ4v) is 4.15. The van der Waals surface area contributed by atoms with E-state index in [1.54, 1.807) is 24.3 Å². The van der Waals surface area contributed by atoms with Gasteiger partial charge in [-0.2, -0.15) is 0 Å². The van der Waals surface area contributed by atoms with Crippen LogP contribution in [0.15, 0.2) is 24.3 Å². The topological polar surface area (TPSA) is 89.3 Å². The molecule has 1 aliphatic rings. The predicted octanol–water partition coefficient (Wildman–Crippen LogP) is 0.794. The molecule has 0 saturated carbocycles. The van der Waals surface area contributed by atoms with E-state index < -0.39 is 21.3 Å². The van der Waals surface area contributed by atoms with E-state index in [0.717, 1.165) is 0 Å². The van der Waals surface area contributed by atoms with Gasteiger partial charge in [0.05, 0.1) is 11.5 Å². The van der Waals surface area contributed by atoms with Gasteiger partial charge in [0.2, 0.25) is 5.91 Å². The zero-order valence-corrected chi connectivity index (χ0v) is 11.1. The van der Waals surface area contributed by atoms with Crippen LogP contribution in [0.5, 0.6) is 0 Å². The maximum Gasteiger partial charge on any atom is 0.244 e. The Labute approximate surface area is 110 Å². The molecular formula is C11H13ClN2O3S. The number of benzene rings is 1. The first-order chi connectivity index (χ1) is 8.33. The normalized spacial score (nSPS) is 25.8. The van der Waals surface area contributed by atoms with Crippen molar-refractivity contribution in [2.24, 2.45) is 5.73 Å². The van der Waals surface area contributed by atoms with Crippen molar-refractivity contribution in [2.45, 2.75) is 12.0 Å². The molecule has 2 rings (SSSR count). The van der Waals surface area contributed by atoms with Crippen molar-refractivity contribution in [2.75, 3.05) is 16.8 Å². The second kappa shape index (κ2) is 4.44. The summed E-state index contributed by atoms with van der Waals surface area (Å²) in [6.07, 6.45) is 0.178. The van der Waals surface area contributed by atoms with Gasteiger partial charge in [0, 0.05) is 10.7 Å². The summed E-state index contributed by atoms with van der Waals surface area (Å²) in [6, 6.07) is 6.73. The summed E-state index contributed by atoms with van der Waals surface area (Å²) in [4.78, 5) is 11.6. The van der Waals surface area contributed by atoms with Gasteiger partial charge < -0.3 is 11.1 Å². The van der Waals surface area contributed by atoms with Gasteiger partial charge >= 0.3 is 0 Å². The highest BCUT2D eigenvalue weighted by Gasteiger charge is 2.47. The highest BCUT2D eigenvalue weighted by molar-refractivity contribution is 7.91. The standard InChI is InChI=1S/C11H13ClN2O3S/c12-8-2-1-3-9(6-8)14-11(10(13)15)4-5-18(16,17)7-11/h1-3,6,14H,4-5,7H2,(H2,13,15). The van der Waals surface area contributed by atoms with E-state index >= 15 is 0 Å². The molecular weight excluding hydrogens is 276 g/mol. The number of rotatable bonds is 3. The van der Waals surface area contributed by atoms with Crippen LogP contribution in [0.4, 0.5) is 5.69 Å². The van der Waals surface area contributed by atoms with Crippen LogP contribution in [0.2, 0.25) is 5.02 Å². The lowest BCUT2D eigenvalue weighted by Crippen LogP contribution is -2.51. The highest BCUT2D eigenvalue weighted by Crippen LogP contribution is 2.28. The Morgan fingerprint density at radius 3 is 2.67 bits per heavy atom. The minimum atomic E-state index is -3.23. The summed E-state index contributed by atoms with van der Waals surface area (Å²) in [5.74, 6) is -0.978. The fourth-order valence-electron chi connectivity index (χ4n) is 2.05. The van der Waals surface area contributed by atoms with Gasteiger partial charge in [-0.15, -0.1) is 0 Å². The number of amides is 1. The Kier molecular flexibility index (Phi) is 3.25. The largest absolute Gasteiger partial charge is 0.370 e. The highest BCUT2D eigenvalue weighted by atomic mass is 35.5. The number of hydrogen-bond donors (Lipinski definition) is 2. The second-order valence-corrected chi connectivity index (χ2v) is 7.04. The molecule has 1 unspecified atom stereocenters. The van der Waals surface area contributed by atoms with Crippen LogP contribution >= 0.6 is 11.6 Å². The molecule has 1 fully saturated rings. The Morgan fingerprint density at radius 1 is 1.44 bits per heavy atom. The molecule has 1 atom stereocenters. The molecule has 1 aromatic rings. The van der Waals surface area contributed by atoms with Gasteiger partial charge in [0.15, 0.2) is 9.84 Å². The van der Waals surface area contributed by atoms with Gasteiger partial charge in [0.25, 0.3) is 0 Å². The lowest BCUT2D eigenvalue weighted by atomic mass is 9.97. The summed E-state index contributed by atoms with van der Waals surface area (Å²) in [7, 11) is -3.23. The lowest BCUT2D eigenvalue weighted by Gasteiger charge is -2.26. The maximum absolute atomic E-state index is 11.6. The molecule has 7 heteroatoms. The van der Waals surface area contributed by atoms with Crippen molar-refractivity contribution in [3.63, 3.8) is 0 Å². The molecule has 0 aromatic heterocycles. The van der Waals surface area contributed by atoms with E-state index in [1.165, 1.54) is 0 Å². The summed E-state index contributed by atoms with van der Waals surface area (Å²) >= 11 is 5.84. The molecule has 1 aliphatic heterocycles. The zero-order valence-electron chi connectivity index (χ0n) is 9.52. The van der Waals surface area contributed by atoms with Crippen LogP contribution in [-0.4, -0.2) is 31.4 Å². The Hall–Kier alpha value is -1.27. The van der Waals surface area contributed by atoms with Gasteiger partial charge in [-0.25, -0.2) is 8.42 Å². The average molecular weight is 289 g/mol. The molecule has 1 saturated heterocycles. The van der Waals surface area contributed by atoms with Crippen LogP contribution < -0.4 is 11.1 Å². The Bertz CT molecular complexity index is 588. The number of hydrogen-bond acceptors (Lipinski definition) is 4. The van der Waals surface area contributed by atoms with Gasteiger partial charge in [-0.3, -0.25) is 4.79 Å². The monoisotopic (exact) mass is 288 g/mol. The van der Waals surface area contributed by atoms with Gasteiger partial charge in [0.1, 0.15) is 5.54 Å². The third kappa shape index (κ3) is 2.59. The Morgan fingerprint density at radius 2 is 2.17 bits per heavy atom. The first-order valence-corrected chi connectivity index (χ1v) is 7.57. The third-order valence-electron chi connectivity index (χ3n) is 2.99. The van der Waals surface area contributed by atoms with Crippen molar-refractivity contribution >= 4 is 33.0 Å². The summed E-state index contributed by atoms with van der Waals surface area (Å²) in [5, 5.41) is 3.41. The molecule has 98 valence electrons. The lowest BCUT2D eigenvalue weighted by molar-refractivity contribution is -0.121. The van der Waals surface area contributed by atoms with Crippen LogP contribution in [0.1, 0.15) is 6.42 Å². The number of halogens is 1. The molecule has 3 N–H and O–H groups in total. The summed E-state index contributed by atoms with van der Waals surface area (Å²) in [5.41, 5.74) is 4.69. The molecule has 0 bridgehead atoms. The maximum atomic E-state index is 11.6. The SMILES string of the molecule is NC(=O)C1(Nc2cccc(Cl)c2)CCS(=O)(=O)C1. The number of sulfone groups is 1. The molecule has 0 aliphatic carbocycles. The van der Waals surface area contributed by atoms with Crippen LogP contribution in [0.3, 0.4) is 0 Å². The fraction of sp³-hybridized carbons (Fsp3) is 0.364. The van der Waals surface area contributed by atoms with E-state index in [-0.39, 0.29) is 17.9 Å². The zero-order chi connectivity index (χ0) is 13.4. The van der Waals surface area contributed by atoms with E-state index in [9.17, 15) is 13.2 Å². The molecule has 0 spiro atoms. The van der Waals surface area contributed by atoms with E-state index in [4.69, 9.17) is 17.3 Å². The molecule has 1 heterocycles. The third-order valence-corrected chi connectivity index (χ3v) is 4.98. The van der Waals surface area contributed by atoms with E-state index in [2.05, 4.69) is 5.32 Å². The van der Waals surface area contributed by atoms with Crippen LogP contribution in [-0.2, 0) is 14.6 Å². The number of carbonyl (C=O) groups is 1. The summed E-state index contributed by atoms with van der Waals surface area (Å²) in [6.45, 7) is 0. The Balaban J connectivity index is 2.31. The minimum Gasteiger partial charge on any atom is -0.370 e. The molecule has 0 radical (unpaired) electrons. The number of nitrogens with one attached hydrogen (secondary N) is 1. The number of anilines is 1. The minimum absolute atomic E-state index is 0.0382. The van der Waals surface area contributed by atoms with Crippen molar-refractivity contribution in [1.29, 1.82) is 0 Å². The molecule has 1 amide bonds. The van der Waals surface area contributed by atoms with E-state index in [1.807, 2.05) is 0 Å². The molecule has 5 nitrogen and oxygen atoms in total. The van der Waals surface area contributed by atoms with Crippen LogP contribution in [0.25, 0.3) is 0 Å². The molecule has 18 heavy (non-hydrogen) atoms. The van der Waals surface area contributed by atoms with E-state index in [0.29, 0.717) is 10.7 Å². The van der Waals surface area contributed by atoms with Crippen molar-refractivity contribution < 1.29 is 13.2 Å². The van der Waals surface area contributed by atoms with Crippen LogP contribution in [0, 0.1) is 0 Å². The number of primary amides is 1. The summed E-state index contributed by atoms with van der Waals surface area (Å²) < 4.78 is 23.1. The van der Waals surface area contributed by atoms with Gasteiger partial charge in [-0.05, 0) is 24.6 Å². The number of carbonyl (C=O) groups excluding carboxylic acids is 1. The van der Waals surface area contributed by atoms with Gasteiger partial charge in [-0.1, -0.05) is 17.7 Å². The van der Waals surface area contributed by atoms with Crippen molar-refractivity contribution in [1.82, 2.24) is 0 Å². The quantitative estimate of drug-likeness (QED) is 0.861. The smallest absolute Gasteiger partial charge is 0.244 e. The first-order valence-electron chi connectivity index (χ1n) is 5.37. The predicted molar refractivity (Wildman–Crippen MR) is 70.3 cm³/mol. The first kappa shape index (κ1) is 13.2. The molecule has 1 aromatic carbocycles. The second-order valence-electron chi connectivity index (χ2n) is 4.42. The average Bonchev–Trinajstić information content (AvgIpc) is 2.55. The van der Waals surface area contributed by atoms with Crippen molar-refractivity contribution in [3.05, 3.63) is 29.3 Å². The van der Waals surface area contributed by atoms with Crippen molar-refractivity contribution in [3.8, 4) is 0 Å².